The largest absolute Gasteiger partial charge is 0.492 e. The van der Waals surface area contributed by atoms with Crippen molar-refractivity contribution in [3.05, 3.63) is 60.4 Å². The van der Waals surface area contributed by atoms with E-state index in [0.717, 1.165) is 13.1 Å². The average Bonchev–Trinajstić information content (AvgIpc) is 2.66. The van der Waals surface area contributed by atoms with E-state index in [1.54, 1.807) is 12.1 Å². The minimum Gasteiger partial charge on any atom is -0.492 e. The number of piperazine rings is 1. The van der Waals surface area contributed by atoms with Crippen molar-refractivity contribution in [3.63, 3.8) is 0 Å². The smallest absolute Gasteiger partial charge is 0.317 e. The van der Waals surface area contributed by atoms with Gasteiger partial charge in [0.1, 0.15) is 18.2 Å². The molecule has 6 heteroatoms. The summed E-state index contributed by atoms with van der Waals surface area (Å²) in [5.74, 6) is 0.128. The maximum Gasteiger partial charge on any atom is 0.317 e. The van der Waals surface area contributed by atoms with Crippen molar-refractivity contribution in [2.45, 2.75) is 0 Å². The number of hydrogen-bond acceptors (Lipinski definition) is 3. The van der Waals surface area contributed by atoms with Crippen LogP contribution < -0.4 is 15.0 Å². The van der Waals surface area contributed by atoms with Crippen LogP contribution in [0.1, 0.15) is 0 Å². The van der Waals surface area contributed by atoms with Crippen LogP contribution in [0.3, 0.4) is 0 Å². The summed E-state index contributed by atoms with van der Waals surface area (Å²) in [5.41, 5.74) is 1.19. The van der Waals surface area contributed by atoms with Gasteiger partial charge in [-0.3, -0.25) is 0 Å². The predicted molar refractivity (Wildman–Crippen MR) is 95.5 cm³/mol. The fourth-order valence-electron chi connectivity index (χ4n) is 2.80. The number of urea groups is 1. The molecule has 3 rings (SSSR count). The van der Waals surface area contributed by atoms with Crippen LogP contribution in [0.5, 0.6) is 5.75 Å². The first-order valence-electron chi connectivity index (χ1n) is 8.43. The SMILES string of the molecule is O=C(NCCOc1cccc(F)c1)N1CCN(c2ccccc2)CC1. The van der Waals surface area contributed by atoms with E-state index in [0.29, 0.717) is 32.0 Å². The fraction of sp³-hybridized carbons (Fsp3) is 0.316. The Bertz CT molecular complexity index is 688. The molecule has 0 spiro atoms. The van der Waals surface area contributed by atoms with Gasteiger partial charge < -0.3 is 19.9 Å². The summed E-state index contributed by atoms with van der Waals surface area (Å²) < 4.78 is 18.5. The van der Waals surface area contributed by atoms with Crippen molar-refractivity contribution in [2.75, 3.05) is 44.2 Å². The van der Waals surface area contributed by atoms with Gasteiger partial charge in [-0.15, -0.1) is 0 Å². The Hall–Kier alpha value is -2.76. The standard InChI is InChI=1S/C19H22FN3O2/c20-16-5-4-8-18(15-16)25-14-9-21-19(24)23-12-10-22(11-13-23)17-6-2-1-3-7-17/h1-8,15H,9-14H2,(H,21,24). The Balaban J connectivity index is 1.37. The zero-order chi connectivity index (χ0) is 17.5. The zero-order valence-corrected chi connectivity index (χ0v) is 14.0. The summed E-state index contributed by atoms with van der Waals surface area (Å²) in [6, 6.07) is 16.1. The Morgan fingerprint density at radius 2 is 1.80 bits per heavy atom. The lowest BCUT2D eigenvalue weighted by atomic mass is 10.2. The van der Waals surface area contributed by atoms with Gasteiger partial charge in [0.05, 0.1) is 6.54 Å². The van der Waals surface area contributed by atoms with Crippen LogP contribution in [0, 0.1) is 5.82 Å². The number of para-hydroxylation sites is 1. The number of amides is 2. The first-order chi connectivity index (χ1) is 12.2. The summed E-state index contributed by atoms with van der Waals surface area (Å²) in [5, 5.41) is 2.84. The zero-order valence-electron chi connectivity index (χ0n) is 14.0. The number of nitrogens with zero attached hydrogens (tertiary/aromatic N) is 2. The van der Waals surface area contributed by atoms with Gasteiger partial charge in [-0.05, 0) is 24.3 Å². The molecule has 1 heterocycles. The third kappa shape index (κ3) is 4.86. The van der Waals surface area contributed by atoms with Crippen molar-refractivity contribution in [1.82, 2.24) is 10.2 Å². The van der Waals surface area contributed by atoms with Gasteiger partial charge in [-0.2, -0.15) is 0 Å². The molecule has 0 bridgehead atoms. The first-order valence-corrected chi connectivity index (χ1v) is 8.43. The average molecular weight is 343 g/mol. The van der Waals surface area contributed by atoms with Crippen LogP contribution in [0.2, 0.25) is 0 Å². The van der Waals surface area contributed by atoms with Gasteiger partial charge in [0.15, 0.2) is 0 Å². The first kappa shape index (κ1) is 17.1. The number of ether oxygens (including phenoxy) is 1. The number of halogens is 1. The van der Waals surface area contributed by atoms with E-state index in [1.807, 2.05) is 23.1 Å². The molecular formula is C19H22FN3O2. The topological polar surface area (TPSA) is 44.8 Å². The Kier molecular flexibility index (Phi) is 5.72. The van der Waals surface area contributed by atoms with Gasteiger partial charge in [-0.25, -0.2) is 9.18 Å². The van der Waals surface area contributed by atoms with Crippen molar-refractivity contribution in [2.24, 2.45) is 0 Å². The van der Waals surface area contributed by atoms with E-state index in [-0.39, 0.29) is 11.8 Å². The van der Waals surface area contributed by atoms with Gasteiger partial charge in [0.25, 0.3) is 0 Å². The Labute approximate surface area is 147 Å². The number of carbonyl (C=O) groups is 1. The van der Waals surface area contributed by atoms with Crippen LogP contribution in [0.4, 0.5) is 14.9 Å². The number of hydrogen-bond donors (Lipinski definition) is 1. The summed E-state index contributed by atoms with van der Waals surface area (Å²) in [6.07, 6.45) is 0. The highest BCUT2D eigenvalue weighted by molar-refractivity contribution is 5.74. The molecule has 132 valence electrons. The van der Waals surface area contributed by atoms with Crippen molar-refractivity contribution >= 4 is 11.7 Å². The minimum atomic E-state index is -0.335. The van der Waals surface area contributed by atoms with Crippen LogP contribution in [0.25, 0.3) is 0 Å². The molecule has 0 radical (unpaired) electrons. The molecule has 1 aliphatic rings. The van der Waals surface area contributed by atoms with Crippen LogP contribution >= 0.6 is 0 Å². The normalized spacial score (nSPS) is 14.3. The van der Waals surface area contributed by atoms with Crippen LogP contribution in [0.15, 0.2) is 54.6 Å². The van der Waals surface area contributed by atoms with E-state index >= 15 is 0 Å². The van der Waals surface area contributed by atoms with Gasteiger partial charge in [0, 0.05) is 37.9 Å². The molecule has 2 aromatic rings. The summed E-state index contributed by atoms with van der Waals surface area (Å²) in [4.78, 5) is 16.3. The Morgan fingerprint density at radius 3 is 2.52 bits per heavy atom. The van der Waals surface area contributed by atoms with E-state index in [4.69, 9.17) is 4.74 Å². The van der Waals surface area contributed by atoms with Crippen molar-refractivity contribution in [3.8, 4) is 5.75 Å². The lowest BCUT2D eigenvalue weighted by Gasteiger charge is -2.36. The number of benzene rings is 2. The highest BCUT2D eigenvalue weighted by atomic mass is 19.1. The van der Waals surface area contributed by atoms with Crippen LogP contribution in [-0.2, 0) is 0 Å². The number of nitrogens with one attached hydrogen (secondary N) is 1. The lowest BCUT2D eigenvalue weighted by Crippen LogP contribution is -2.52. The molecule has 0 atom stereocenters. The highest BCUT2D eigenvalue weighted by Gasteiger charge is 2.20. The second-order valence-corrected chi connectivity index (χ2v) is 5.85. The van der Waals surface area contributed by atoms with E-state index < -0.39 is 0 Å². The highest BCUT2D eigenvalue weighted by Crippen LogP contribution is 2.15. The van der Waals surface area contributed by atoms with Crippen LogP contribution in [-0.4, -0.2) is 50.3 Å². The molecular weight excluding hydrogens is 321 g/mol. The van der Waals surface area contributed by atoms with Gasteiger partial charge >= 0.3 is 6.03 Å². The molecule has 0 aromatic heterocycles. The van der Waals surface area contributed by atoms with E-state index in [9.17, 15) is 9.18 Å². The summed E-state index contributed by atoms with van der Waals surface area (Å²) >= 11 is 0. The van der Waals surface area contributed by atoms with Crippen molar-refractivity contribution in [1.29, 1.82) is 0 Å². The molecule has 2 amide bonds. The maximum absolute atomic E-state index is 13.0. The lowest BCUT2D eigenvalue weighted by molar-refractivity contribution is 0.191. The molecule has 2 aromatic carbocycles. The second-order valence-electron chi connectivity index (χ2n) is 5.85. The monoisotopic (exact) mass is 343 g/mol. The molecule has 1 saturated heterocycles. The molecule has 0 saturated carbocycles. The second kappa shape index (κ2) is 8.37. The Morgan fingerprint density at radius 1 is 1.04 bits per heavy atom. The minimum absolute atomic E-state index is 0.0875. The fourth-order valence-corrected chi connectivity index (χ4v) is 2.80. The number of anilines is 1. The summed E-state index contributed by atoms with van der Waals surface area (Å²) in [7, 11) is 0. The van der Waals surface area contributed by atoms with E-state index in [2.05, 4.69) is 22.3 Å². The quantitative estimate of drug-likeness (QED) is 0.849. The number of rotatable bonds is 5. The van der Waals surface area contributed by atoms with Gasteiger partial charge in [-0.1, -0.05) is 24.3 Å². The molecule has 0 aliphatic carbocycles. The molecule has 1 aliphatic heterocycles. The number of carbonyl (C=O) groups excluding carboxylic acids is 1. The van der Waals surface area contributed by atoms with E-state index in [1.165, 1.54) is 17.8 Å². The third-order valence-electron chi connectivity index (χ3n) is 4.13. The maximum atomic E-state index is 13.0. The molecule has 5 nitrogen and oxygen atoms in total. The van der Waals surface area contributed by atoms with Gasteiger partial charge in [0.2, 0.25) is 0 Å². The molecule has 1 N–H and O–H groups in total. The summed E-state index contributed by atoms with van der Waals surface area (Å²) in [6.45, 7) is 3.69. The van der Waals surface area contributed by atoms with Crippen molar-refractivity contribution < 1.29 is 13.9 Å². The molecule has 25 heavy (non-hydrogen) atoms. The predicted octanol–water partition coefficient (Wildman–Crippen LogP) is 2.74. The molecule has 0 unspecified atom stereocenters. The third-order valence-corrected chi connectivity index (χ3v) is 4.13. The molecule has 1 fully saturated rings.